The Morgan fingerprint density at radius 1 is 1.00 bits per heavy atom. The first-order valence-electron chi connectivity index (χ1n) is 7.09. The zero-order chi connectivity index (χ0) is 17.1. The molecule has 0 aliphatic carbocycles. The zero-order valence-corrected chi connectivity index (χ0v) is 13.9. The molecule has 1 N–H and O–H groups in total. The summed E-state index contributed by atoms with van der Waals surface area (Å²) in [5.41, 5.74) is 1.17. The van der Waals surface area contributed by atoms with Crippen LogP contribution >= 0.6 is 23.2 Å². The second kappa shape index (κ2) is 6.95. The average molecular weight is 359 g/mol. The van der Waals surface area contributed by atoms with Crippen LogP contribution in [-0.2, 0) is 0 Å². The van der Waals surface area contributed by atoms with E-state index in [2.05, 4.69) is 0 Å². The van der Waals surface area contributed by atoms with Gasteiger partial charge < -0.3 is 9.52 Å². The number of carbonyl (C=O) groups excluding carboxylic acids is 1. The van der Waals surface area contributed by atoms with Gasteiger partial charge in [0, 0.05) is 16.1 Å². The lowest BCUT2D eigenvalue weighted by Gasteiger charge is -2.01. The minimum Gasteiger partial charge on any atom is -0.508 e. The molecule has 0 unspecified atom stereocenters. The maximum absolute atomic E-state index is 12.1. The van der Waals surface area contributed by atoms with Crippen molar-refractivity contribution in [2.24, 2.45) is 0 Å². The number of ketones is 1. The standard InChI is InChI=1S/C19H12Cl2O3/c20-13-3-8-17(21)16(11-13)19-10-7-15(24-19)6-9-18(23)12-1-4-14(22)5-2-12/h1-11,22H/b9-6+. The summed E-state index contributed by atoms with van der Waals surface area (Å²) in [6.07, 6.45) is 2.99. The molecule has 5 heteroatoms. The molecule has 120 valence electrons. The van der Waals surface area contributed by atoms with Gasteiger partial charge >= 0.3 is 0 Å². The van der Waals surface area contributed by atoms with Crippen LogP contribution in [0.15, 0.2) is 65.1 Å². The average Bonchev–Trinajstić information content (AvgIpc) is 3.04. The molecule has 0 aliphatic heterocycles. The molecule has 3 aromatic rings. The molecule has 1 aromatic heterocycles. The molecule has 0 saturated heterocycles. The lowest BCUT2D eigenvalue weighted by molar-refractivity contribution is 0.104. The van der Waals surface area contributed by atoms with E-state index in [4.69, 9.17) is 27.6 Å². The quantitative estimate of drug-likeness (QED) is 0.469. The third kappa shape index (κ3) is 3.70. The molecule has 0 radical (unpaired) electrons. The lowest BCUT2D eigenvalue weighted by atomic mass is 10.1. The molecule has 3 rings (SSSR count). The van der Waals surface area contributed by atoms with Crippen molar-refractivity contribution in [2.75, 3.05) is 0 Å². The number of carbonyl (C=O) groups is 1. The number of rotatable bonds is 4. The molecule has 0 fully saturated rings. The molecule has 3 nitrogen and oxygen atoms in total. The second-order valence-corrected chi connectivity index (χ2v) is 5.91. The van der Waals surface area contributed by atoms with Gasteiger partial charge in [-0.1, -0.05) is 23.2 Å². The Balaban J connectivity index is 1.79. The molecular weight excluding hydrogens is 347 g/mol. The number of halogens is 2. The van der Waals surface area contributed by atoms with Crippen molar-refractivity contribution < 1.29 is 14.3 Å². The van der Waals surface area contributed by atoms with Gasteiger partial charge in [0.25, 0.3) is 0 Å². The van der Waals surface area contributed by atoms with E-state index in [1.54, 1.807) is 48.5 Å². The topological polar surface area (TPSA) is 50.4 Å². The van der Waals surface area contributed by atoms with Gasteiger partial charge in [0.1, 0.15) is 17.3 Å². The molecule has 2 aromatic carbocycles. The van der Waals surface area contributed by atoms with Crippen molar-refractivity contribution in [1.82, 2.24) is 0 Å². The zero-order valence-electron chi connectivity index (χ0n) is 12.4. The first-order valence-corrected chi connectivity index (χ1v) is 7.85. The van der Waals surface area contributed by atoms with Gasteiger partial charge in [-0.3, -0.25) is 4.79 Å². The fourth-order valence-electron chi connectivity index (χ4n) is 2.15. The Hall–Kier alpha value is -2.49. The van der Waals surface area contributed by atoms with Crippen molar-refractivity contribution in [3.63, 3.8) is 0 Å². The van der Waals surface area contributed by atoms with Crippen LogP contribution in [0.2, 0.25) is 10.0 Å². The largest absolute Gasteiger partial charge is 0.508 e. The third-order valence-corrected chi connectivity index (χ3v) is 3.94. The Labute approximate surface area is 148 Å². The van der Waals surface area contributed by atoms with Crippen LogP contribution in [0.3, 0.4) is 0 Å². The summed E-state index contributed by atoms with van der Waals surface area (Å²) in [6.45, 7) is 0. The fourth-order valence-corrected chi connectivity index (χ4v) is 2.54. The Morgan fingerprint density at radius 2 is 1.75 bits per heavy atom. The molecule has 0 spiro atoms. The van der Waals surface area contributed by atoms with Gasteiger partial charge in [-0.05, 0) is 66.7 Å². The van der Waals surface area contributed by atoms with E-state index in [0.717, 1.165) is 0 Å². The van der Waals surface area contributed by atoms with Gasteiger partial charge in [0.05, 0.1) is 5.02 Å². The van der Waals surface area contributed by atoms with Crippen LogP contribution in [-0.4, -0.2) is 10.9 Å². The Kier molecular flexibility index (Phi) is 4.74. The molecule has 0 bridgehead atoms. The lowest BCUT2D eigenvalue weighted by Crippen LogP contribution is -1.92. The SMILES string of the molecule is O=C(/C=C/c1ccc(-c2cc(Cl)ccc2Cl)o1)c1ccc(O)cc1. The minimum atomic E-state index is -0.186. The maximum Gasteiger partial charge on any atom is 0.185 e. The molecule has 0 aliphatic rings. The summed E-state index contributed by atoms with van der Waals surface area (Å²) in [6, 6.07) is 14.7. The molecule has 0 amide bonds. The summed E-state index contributed by atoms with van der Waals surface area (Å²) in [4.78, 5) is 12.1. The highest BCUT2D eigenvalue weighted by Gasteiger charge is 2.09. The molecule has 0 saturated carbocycles. The number of aromatic hydroxyl groups is 1. The van der Waals surface area contributed by atoms with Gasteiger partial charge in [-0.25, -0.2) is 0 Å². The Morgan fingerprint density at radius 3 is 2.50 bits per heavy atom. The number of hydrogen-bond acceptors (Lipinski definition) is 3. The summed E-state index contributed by atoms with van der Waals surface area (Å²) in [7, 11) is 0. The maximum atomic E-state index is 12.1. The number of phenols is 1. The van der Waals surface area contributed by atoms with Crippen molar-refractivity contribution in [3.05, 3.63) is 82.0 Å². The highest BCUT2D eigenvalue weighted by Crippen LogP contribution is 2.32. The van der Waals surface area contributed by atoms with Crippen molar-refractivity contribution in [3.8, 4) is 17.1 Å². The first-order chi connectivity index (χ1) is 11.5. The summed E-state index contributed by atoms with van der Waals surface area (Å²) >= 11 is 12.1. The smallest absolute Gasteiger partial charge is 0.185 e. The fraction of sp³-hybridized carbons (Fsp3) is 0. The molecule has 0 atom stereocenters. The molecular formula is C19H12Cl2O3. The second-order valence-electron chi connectivity index (χ2n) is 5.07. The van der Waals surface area contributed by atoms with Crippen LogP contribution in [0.4, 0.5) is 0 Å². The van der Waals surface area contributed by atoms with Gasteiger partial charge in [0.15, 0.2) is 5.78 Å². The predicted octanol–water partition coefficient (Wildman–Crippen LogP) is 5.86. The van der Waals surface area contributed by atoms with Crippen LogP contribution < -0.4 is 0 Å². The van der Waals surface area contributed by atoms with E-state index in [9.17, 15) is 9.90 Å². The predicted molar refractivity (Wildman–Crippen MR) is 95.6 cm³/mol. The van der Waals surface area contributed by atoms with E-state index in [1.165, 1.54) is 18.2 Å². The van der Waals surface area contributed by atoms with Gasteiger partial charge in [0.2, 0.25) is 0 Å². The number of allylic oxidation sites excluding steroid dienone is 1. The number of furan rings is 1. The van der Waals surface area contributed by atoms with E-state index in [-0.39, 0.29) is 11.5 Å². The summed E-state index contributed by atoms with van der Waals surface area (Å²) in [5.74, 6) is 1.02. The monoisotopic (exact) mass is 358 g/mol. The van der Waals surface area contributed by atoms with E-state index in [0.29, 0.717) is 32.7 Å². The van der Waals surface area contributed by atoms with Crippen molar-refractivity contribution in [1.29, 1.82) is 0 Å². The first kappa shape index (κ1) is 16.4. The highest BCUT2D eigenvalue weighted by molar-refractivity contribution is 6.35. The normalized spacial score (nSPS) is 11.1. The summed E-state index contributed by atoms with van der Waals surface area (Å²) < 4.78 is 5.69. The van der Waals surface area contributed by atoms with Crippen LogP contribution in [0.1, 0.15) is 16.1 Å². The van der Waals surface area contributed by atoms with E-state index < -0.39 is 0 Å². The van der Waals surface area contributed by atoms with Crippen LogP contribution in [0, 0.1) is 0 Å². The van der Waals surface area contributed by atoms with Crippen LogP contribution in [0.25, 0.3) is 17.4 Å². The number of hydrogen-bond donors (Lipinski definition) is 1. The number of benzene rings is 2. The van der Waals surface area contributed by atoms with Crippen molar-refractivity contribution >= 4 is 35.1 Å². The summed E-state index contributed by atoms with van der Waals surface area (Å²) in [5, 5.41) is 10.3. The Bertz CT molecular complexity index is 909. The van der Waals surface area contributed by atoms with Crippen LogP contribution in [0.5, 0.6) is 5.75 Å². The third-order valence-electron chi connectivity index (χ3n) is 3.37. The molecule has 1 heterocycles. The highest BCUT2D eigenvalue weighted by atomic mass is 35.5. The van der Waals surface area contributed by atoms with Gasteiger partial charge in [-0.15, -0.1) is 0 Å². The van der Waals surface area contributed by atoms with E-state index >= 15 is 0 Å². The van der Waals surface area contributed by atoms with Crippen molar-refractivity contribution in [2.45, 2.75) is 0 Å². The minimum absolute atomic E-state index is 0.115. The molecule has 24 heavy (non-hydrogen) atoms. The van der Waals surface area contributed by atoms with E-state index in [1.807, 2.05) is 0 Å². The number of phenolic OH excluding ortho intramolecular Hbond substituents is 1. The van der Waals surface area contributed by atoms with Gasteiger partial charge in [-0.2, -0.15) is 0 Å².